The molecule has 0 atom stereocenters. The number of benzene rings is 1. The minimum Gasteiger partial charge on any atom is -0.488 e. The fourth-order valence-corrected chi connectivity index (χ4v) is 1.25. The minimum absolute atomic E-state index is 0.372. The van der Waals surface area contributed by atoms with E-state index in [4.69, 9.17) is 16.3 Å². The zero-order chi connectivity index (χ0) is 11.3. The third kappa shape index (κ3) is 2.99. The third-order valence-electron chi connectivity index (χ3n) is 1.71. The van der Waals surface area contributed by atoms with Crippen molar-refractivity contribution in [2.75, 3.05) is 13.7 Å². The molecule has 0 fully saturated rings. The first-order valence-corrected chi connectivity index (χ1v) is 4.68. The molecule has 0 heterocycles. The Morgan fingerprint density at radius 1 is 1.60 bits per heavy atom. The number of carbonyl (C=O) groups excluding carboxylic acids is 1. The number of rotatable bonds is 4. The Balaban J connectivity index is 2.87. The summed E-state index contributed by atoms with van der Waals surface area (Å²) in [6.45, 7) is 3.89. The monoisotopic (exact) mass is 226 g/mol. The van der Waals surface area contributed by atoms with E-state index in [2.05, 4.69) is 11.3 Å². The normalized spacial score (nSPS) is 9.47. The average molecular weight is 227 g/mol. The first-order chi connectivity index (χ1) is 7.19. The van der Waals surface area contributed by atoms with Crippen LogP contribution in [-0.4, -0.2) is 19.7 Å². The Kier molecular flexibility index (Phi) is 4.18. The van der Waals surface area contributed by atoms with E-state index in [1.165, 1.54) is 13.2 Å². The van der Waals surface area contributed by atoms with Crippen molar-refractivity contribution in [2.24, 2.45) is 0 Å². The van der Waals surface area contributed by atoms with Crippen LogP contribution >= 0.6 is 11.6 Å². The van der Waals surface area contributed by atoms with E-state index in [1.54, 1.807) is 18.2 Å². The van der Waals surface area contributed by atoms with Crippen LogP contribution in [0.15, 0.2) is 30.9 Å². The number of ether oxygens (including phenoxy) is 2. The molecule has 0 aromatic heterocycles. The van der Waals surface area contributed by atoms with E-state index >= 15 is 0 Å². The zero-order valence-electron chi connectivity index (χ0n) is 8.33. The predicted octanol–water partition coefficient (Wildman–Crippen LogP) is 2.69. The van der Waals surface area contributed by atoms with Gasteiger partial charge in [-0.2, -0.15) is 0 Å². The zero-order valence-corrected chi connectivity index (χ0v) is 9.08. The summed E-state index contributed by atoms with van der Waals surface area (Å²) in [7, 11) is 1.32. The highest BCUT2D eigenvalue weighted by atomic mass is 35.5. The van der Waals surface area contributed by atoms with Gasteiger partial charge < -0.3 is 9.47 Å². The van der Waals surface area contributed by atoms with Gasteiger partial charge in [0.05, 0.1) is 17.7 Å². The number of methoxy groups -OCH3 is 1. The molecule has 15 heavy (non-hydrogen) atoms. The molecule has 0 saturated carbocycles. The predicted molar refractivity (Wildman–Crippen MR) is 58.5 cm³/mol. The number of carbonyl (C=O) groups is 1. The average Bonchev–Trinajstić information content (AvgIpc) is 2.26. The number of halogens is 1. The largest absolute Gasteiger partial charge is 0.488 e. The summed E-state index contributed by atoms with van der Waals surface area (Å²) in [5, 5.41) is 0.375. The van der Waals surface area contributed by atoms with Gasteiger partial charge in [-0.1, -0.05) is 24.3 Å². The quantitative estimate of drug-likeness (QED) is 0.585. The van der Waals surface area contributed by atoms with Gasteiger partial charge in [-0.15, -0.1) is 0 Å². The molecule has 0 saturated heterocycles. The molecule has 0 unspecified atom stereocenters. The number of esters is 1. The van der Waals surface area contributed by atoms with Crippen molar-refractivity contribution in [3.8, 4) is 5.75 Å². The van der Waals surface area contributed by atoms with Crippen LogP contribution in [0.25, 0.3) is 0 Å². The van der Waals surface area contributed by atoms with Gasteiger partial charge in [-0.3, -0.25) is 0 Å². The summed E-state index contributed by atoms with van der Waals surface area (Å²) in [6.07, 6.45) is 1.62. The van der Waals surface area contributed by atoms with Crippen molar-refractivity contribution in [2.45, 2.75) is 0 Å². The third-order valence-corrected chi connectivity index (χ3v) is 2.01. The number of hydrogen-bond donors (Lipinski definition) is 0. The van der Waals surface area contributed by atoms with Gasteiger partial charge in [-0.05, 0) is 18.2 Å². The summed E-state index contributed by atoms with van der Waals surface area (Å²) in [5.74, 6) is 0.0939. The molecule has 0 N–H and O–H groups in total. The second-order valence-corrected chi connectivity index (χ2v) is 3.14. The van der Waals surface area contributed by atoms with Crippen molar-refractivity contribution >= 4 is 17.6 Å². The molecule has 3 nitrogen and oxygen atoms in total. The minimum atomic E-state index is -0.424. The van der Waals surface area contributed by atoms with Crippen molar-refractivity contribution in [1.82, 2.24) is 0 Å². The van der Waals surface area contributed by atoms with E-state index < -0.39 is 5.97 Å². The van der Waals surface area contributed by atoms with Gasteiger partial charge in [0.2, 0.25) is 0 Å². The second-order valence-electron chi connectivity index (χ2n) is 2.74. The molecule has 1 rings (SSSR count). The Morgan fingerprint density at radius 3 is 2.87 bits per heavy atom. The van der Waals surface area contributed by atoms with Crippen LogP contribution in [-0.2, 0) is 4.74 Å². The van der Waals surface area contributed by atoms with E-state index in [9.17, 15) is 4.79 Å². The molecule has 0 spiro atoms. The maximum absolute atomic E-state index is 11.2. The highest BCUT2D eigenvalue weighted by Crippen LogP contribution is 2.25. The molecule has 4 heteroatoms. The maximum Gasteiger partial charge on any atom is 0.337 e. The van der Waals surface area contributed by atoms with Gasteiger partial charge >= 0.3 is 5.97 Å². The first kappa shape index (κ1) is 11.6. The SMILES string of the molecule is C=CCOc1ccc(C(=O)OC)cc1Cl. The Labute approximate surface area is 93.3 Å². The van der Waals surface area contributed by atoms with Gasteiger partial charge in [0, 0.05) is 0 Å². The summed E-state index contributed by atoms with van der Waals surface area (Å²) >= 11 is 5.90. The van der Waals surface area contributed by atoms with Crippen molar-refractivity contribution in [3.05, 3.63) is 41.4 Å². The van der Waals surface area contributed by atoms with Gasteiger partial charge in [0.1, 0.15) is 12.4 Å². The van der Waals surface area contributed by atoms with Crippen molar-refractivity contribution in [1.29, 1.82) is 0 Å². The molecular weight excluding hydrogens is 216 g/mol. The smallest absolute Gasteiger partial charge is 0.337 e. The second kappa shape index (κ2) is 5.41. The Hall–Kier alpha value is -1.48. The van der Waals surface area contributed by atoms with Crippen molar-refractivity contribution in [3.63, 3.8) is 0 Å². The fraction of sp³-hybridized carbons (Fsp3) is 0.182. The van der Waals surface area contributed by atoms with E-state index in [0.29, 0.717) is 22.9 Å². The standard InChI is InChI=1S/C11H11ClO3/c1-3-6-15-10-5-4-8(7-9(10)12)11(13)14-2/h3-5,7H,1,6H2,2H3. The summed E-state index contributed by atoms with van der Waals surface area (Å²) in [5.41, 5.74) is 0.397. The fourth-order valence-electron chi connectivity index (χ4n) is 1.01. The maximum atomic E-state index is 11.2. The summed E-state index contributed by atoms with van der Waals surface area (Å²) in [4.78, 5) is 11.2. The Morgan fingerprint density at radius 2 is 2.33 bits per heavy atom. The molecule has 0 radical (unpaired) electrons. The molecule has 80 valence electrons. The highest BCUT2D eigenvalue weighted by Gasteiger charge is 2.08. The van der Waals surface area contributed by atoms with E-state index in [0.717, 1.165) is 0 Å². The first-order valence-electron chi connectivity index (χ1n) is 4.30. The van der Waals surface area contributed by atoms with Crippen LogP contribution in [0.3, 0.4) is 0 Å². The van der Waals surface area contributed by atoms with E-state index in [1.807, 2.05) is 0 Å². The van der Waals surface area contributed by atoms with Crippen LogP contribution in [0, 0.1) is 0 Å². The van der Waals surface area contributed by atoms with Gasteiger partial charge in [-0.25, -0.2) is 4.79 Å². The molecule has 0 amide bonds. The van der Waals surface area contributed by atoms with Crippen LogP contribution in [0.5, 0.6) is 5.75 Å². The number of hydrogen-bond acceptors (Lipinski definition) is 3. The Bertz CT molecular complexity index is 374. The molecule has 1 aromatic rings. The molecule has 0 aliphatic heterocycles. The van der Waals surface area contributed by atoms with Crippen LogP contribution in [0.1, 0.15) is 10.4 Å². The molecule has 0 bridgehead atoms. The topological polar surface area (TPSA) is 35.5 Å². The molecule has 0 aliphatic rings. The lowest BCUT2D eigenvalue weighted by atomic mass is 10.2. The summed E-state index contributed by atoms with van der Waals surface area (Å²) < 4.78 is 9.81. The summed E-state index contributed by atoms with van der Waals surface area (Å²) in [6, 6.07) is 4.72. The van der Waals surface area contributed by atoms with Gasteiger partial charge in [0.15, 0.2) is 0 Å². The highest BCUT2D eigenvalue weighted by molar-refractivity contribution is 6.32. The lowest BCUT2D eigenvalue weighted by molar-refractivity contribution is 0.0600. The van der Waals surface area contributed by atoms with E-state index in [-0.39, 0.29) is 0 Å². The molecular formula is C11H11ClO3. The molecule has 0 aliphatic carbocycles. The van der Waals surface area contributed by atoms with Crippen LogP contribution < -0.4 is 4.74 Å². The molecule has 1 aromatic carbocycles. The van der Waals surface area contributed by atoms with Crippen LogP contribution in [0.2, 0.25) is 5.02 Å². The van der Waals surface area contributed by atoms with Crippen LogP contribution in [0.4, 0.5) is 0 Å². The lowest BCUT2D eigenvalue weighted by Gasteiger charge is -2.06. The van der Waals surface area contributed by atoms with Crippen molar-refractivity contribution < 1.29 is 14.3 Å². The lowest BCUT2D eigenvalue weighted by Crippen LogP contribution is -2.01. The van der Waals surface area contributed by atoms with Gasteiger partial charge in [0.25, 0.3) is 0 Å².